The van der Waals surface area contributed by atoms with Gasteiger partial charge in [-0.3, -0.25) is 9.78 Å². The molecule has 1 amide bonds. The van der Waals surface area contributed by atoms with Crippen molar-refractivity contribution in [2.45, 2.75) is 6.54 Å². The minimum absolute atomic E-state index is 0.0727. The van der Waals surface area contributed by atoms with E-state index in [1.165, 1.54) is 0 Å². The van der Waals surface area contributed by atoms with Gasteiger partial charge in [-0.1, -0.05) is 6.07 Å². The first kappa shape index (κ1) is 12.2. The predicted molar refractivity (Wildman–Crippen MR) is 75.1 cm³/mol. The van der Waals surface area contributed by atoms with Gasteiger partial charge in [-0.2, -0.15) is 5.26 Å². The number of amides is 1. The second-order valence-electron chi connectivity index (χ2n) is 4.61. The number of hydrogen-bond donors (Lipinski definition) is 1. The summed E-state index contributed by atoms with van der Waals surface area (Å²) in [5.41, 5.74) is 3.18. The maximum Gasteiger partial charge on any atom is 0.243 e. The lowest BCUT2D eigenvalue weighted by Crippen LogP contribution is -2.37. The smallest absolute Gasteiger partial charge is 0.243 e. The Morgan fingerprint density at radius 2 is 2.30 bits per heavy atom. The summed E-state index contributed by atoms with van der Waals surface area (Å²) in [4.78, 5) is 17.8. The van der Waals surface area contributed by atoms with E-state index in [0.29, 0.717) is 24.3 Å². The molecule has 98 valence electrons. The van der Waals surface area contributed by atoms with Crippen LogP contribution in [0.3, 0.4) is 0 Å². The number of fused-ring (bicyclic) bond motifs is 1. The Kier molecular flexibility index (Phi) is 3.05. The zero-order valence-corrected chi connectivity index (χ0v) is 10.7. The first-order valence-electron chi connectivity index (χ1n) is 6.24. The van der Waals surface area contributed by atoms with Crippen LogP contribution in [0, 0.1) is 11.3 Å². The third-order valence-corrected chi connectivity index (χ3v) is 3.17. The molecule has 2 heterocycles. The highest BCUT2D eigenvalue weighted by Crippen LogP contribution is 2.31. The van der Waals surface area contributed by atoms with E-state index in [-0.39, 0.29) is 5.91 Å². The summed E-state index contributed by atoms with van der Waals surface area (Å²) in [7, 11) is 0. The highest BCUT2D eigenvalue weighted by Gasteiger charge is 2.22. The summed E-state index contributed by atoms with van der Waals surface area (Å²) in [6.45, 7) is 0.911. The fraction of sp³-hybridized carbons (Fsp3) is 0.133. The number of aromatic nitrogens is 1. The van der Waals surface area contributed by atoms with Crippen LogP contribution in [-0.4, -0.2) is 17.4 Å². The standard InChI is InChI=1S/C15H12N4O/c16-7-11-3-4-14-13(6-11)18-15(20)10-19(14)9-12-2-1-5-17-8-12/h1-6,8H,9-10H2,(H,18,20). The molecule has 1 aliphatic rings. The van der Waals surface area contributed by atoms with Crippen molar-refractivity contribution >= 4 is 17.3 Å². The molecule has 5 heteroatoms. The van der Waals surface area contributed by atoms with E-state index in [4.69, 9.17) is 5.26 Å². The van der Waals surface area contributed by atoms with E-state index in [2.05, 4.69) is 16.4 Å². The summed E-state index contributed by atoms with van der Waals surface area (Å²) in [6, 6.07) is 11.2. The van der Waals surface area contributed by atoms with Gasteiger partial charge in [-0.25, -0.2) is 0 Å². The average Bonchev–Trinajstić information content (AvgIpc) is 2.47. The lowest BCUT2D eigenvalue weighted by atomic mass is 10.1. The van der Waals surface area contributed by atoms with Crippen LogP contribution in [0.2, 0.25) is 0 Å². The van der Waals surface area contributed by atoms with Gasteiger partial charge in [0, 0.05) is 18.9 Å². The number of nitriles is 1. The quantitative estimate of drug-likeness (QED) is 0.899. The summed E-state index contributed by atoms with van der Waals surface area (Å²) < 4.78 is 0. The van der Waals surface area contributed by atoms with Gasteiger partial charge in [-0.05, 0) is 29.8 Å². The number of pyridine rings is 1. The number of rotatable bonds is 2. The second kappa shape index (κ2) is 5.02. The van der Waals surface area contributed by atoms with E-state index in [9.17, 15) is 4.79 Å². The van der Waals surface area contributed by atoms with E-state index in [1.54, 1.807) is 24.5 Å². The van der Waals surface area contributed by atoms with Crippen LogP contribution in [0.4, 0.5) is 11.4 Å². The monoisotopic (exact) mass is 264 g/mol. The van der Waals surface area contributed by atoms with Gasteiger partial charge >= 0.3 is 0 Å². The predicted octanol–water partition coefficient (Wildman–Crippen LogP) is 1.91. The molecule has 0 fully saturated rings. The molecular weight excluding hydrogens is 252 g/mol. The van der Waals surface area contributed by atoms with Crippen molar-refractivity contribution < 1.29 is 4.79 Å². The first-order chi connectivity index (χ1) is 9.76. The molecule has 1 aromatic heterocycles. The van der Waals surface area contributed by atoms with Crippen molar-refractivity contribution in [1.29, 1.82) is 5.26 Å². The van der Waals surface area contributed by atoms with Crippen LogP contribution in [0.15, 0.2) is 42.7 Å². The van der Waals surface area contributed by atoms with Crippen molar-refractivity contribution in [1.82, 2.24) is 4.98 Å². The van der Waals surface area contributed by atoms with E-state index >= 15 is 0 Å². The molecule has 0 atom stereocenters. The van der Waals surface area contributed by atoms with Gasteiger partial charge in [0.2, 0.25) is 5.91 Å². The van der Waals surface area contributed by atoms with Crippen LogP contribution in [0.25, 0.3) is 0 Å². The van der Waals surface area contributed by atoms with Crippen molar-refractivity contribution in [3.63, 3.8) is 0 Å². The van der Waals surface area contributed by atoms with Crippen molar-refractivity contribution in [2.24, 2.45) is 0 Å². The number of benzene rings is 1. The Hall–Kier alpha value is -2.87. The molecule has 20 heavy (non-hydrogen) atoms. The molecule has 1 N–H and O–H groups in total. The molecule has 0 saturated carbocycles. The highest BCUT2D eigenvalue weighted by atomic mass is 16.2. The fourth-order valence-electron chi connectivity index (χ4n) is 2.28. The Morgan fingerprint density at radius 1 is 1.40 bits per heavy atom. The zero-order valence-electron chi connectivity index (χ0n) is 10.7. The van der Waals surface area contributed by atoms with E-state index < -0.39 is 0 Å². The number of anilines is 2. The minimum Gasteiger partial charge on any atom is -0.356 e. The Bertz CT molecular complexity index is 691. The lowest BCUT2D eigenvalue weighted by molar-refractivity contribution is -0.115. The Balaban J connectivity index is 1.94. The molecule has 1 aromatic carbocycles. The molecular formula is C15H12N4O. The number of carbonyl (C=O) groups is 1. The second-order valence-corrected chi connectivity index (χ2v) is 4.61. The Labute approximate surface area is 116 Å². The maximum atomic E-state index is 11.8. The van der Waals surface area contributed by atoms with Crippen LogP contribution >= 0.6 is 0 Å². The highest BCUT2D eigenvalue weighted by molar-refractivity contribution is 6.01. The van der Waals surface area contributed by atoms with E-state index in [0.717, 1.165) is 11.3 Å². The van der Waals surface area contributed by atoms with Crippen LogP contribution in [-0.2, 0) is 11.3 Å². The number of carbonyl (C=O) groups excluding carboxylic acids is 1. The molecule has 0 saturated heterocycles. The van der Waals surface area contributed by atoms with Gasteiger partial charge in [0.05, 0.1) is 29.6 Å². The SMILES string of the molecule is N#Cc1ccc2c(c1)NC(=O)CN2Cc1cccnc1. The van der Waals surface area contributed by atoms with Crippen molar-refractivity contribution in [2.75, 3.05) is 16.8 Å². The van der Waals surface area contributed by atoms with Gasteiger partial charge in [0.25, 0.3) is 0 Å². The first-order valence-corrected chi connectivity index (χ1v) is 6.24. The average molecular weight is 264 g/mol. The third kappa shape index (κ3) is 2.31. The number of hydrogen-bond acceptors (Lipinski definition) is 4. The zero-order chi connectivity index (χ0) is 13.9. The van der Waals surface area contributed by atoms with Crippen LogP contribution in [0.1, 0.15) is 11.1 Å². The maximum absolute atomic E-state index is 11.8. The lowest BCUT2D eigenvalue weighted by Gasteiger charge is -2.31. The van der Waals surface area contributed by atoms with Gasteiger partial charge in [0.15, 0.2) is 0 Å². The molecule has 1 aliphatic heterocycles. The summed E-state index contributed by atoms with van der Waals surface area (Å²) in [5.74, 6) is -0.0727. The van der Waals surface area contributed by atoms with Gasteiger partial charge in [0.1, 0.15) is 0 Å². The fourth-order valence-corrected chi connectivity index (χ4v) is 2.28. The van der Waals surface area contributed by atoms with Crippen LogP contribution < -0.4 is 10.2 Å². The molecule has 3 rings (SSSR count). The van der Waals surface area contributed by atoms with Crippen molar-refractivity contribution in [3.8, 4) is 6.07 Å². The summed E-state index contributed by atoms with van der Waals surface area (Å²) in [5, 5.41) is 11.7. The third-order valence-electron chi connectivity index (χ3n) is 3.17. The molecule has 0 spiro atoms. The summed E-state index contributed by atoms with van der Waals surface area (Å²) in [6.07, 6.45) is 3.51. The molecule has 0 bridgehead atoms. The normalized spacial score (nSPS) is 13.3. The molecule has 2 aromatic rings. The van der Waals surface area contributed by atoms with Gasteiger partial charge in [-0.15, -0.1) is 0 Å². The topological polar surface area (TPSA) is 69.0 Å². The molecule has 0 radical (unpaired) electrons. The van der Waals surface area contributed by atoms with Gasteiger partial charge < -0.3 is 10.2 Å². The molecule has 5 nitrogen and oxygen atoms in total. The summed E-state index contributed by atoms with van der Waals surface area (Å²) >= 11 is 0. The molecule has 0 aliphatic carbocycles. The minimum atomic E-state index is -0.0727. The van der Waals surface area contributed by atoms with E-state index in [1.807, 2.05) is 23.1 Å². The number of nitrogens with zero attached hydrogens (tertiary/aromatic N) is 3. The Morgan fingerprint density at radius 3 is 3.05 bits per heavy atom. The number of nitrogens with one attached hydrogen (secondary N) is 1. The largest absolute Gasteiger partial charge is 0.356 e. The molecule has 0 unspecified atom stereocenters. The van der Waals surface area contributed by atoms with Crippen molar-refractivity contribution in [3.05, 3.63) is 53.9 Å². The van der Waals surface area contributed by atoms with Crippen LogP contribution in [0.5, 0.6) is 0 Å².